The molecule has 0 saturated carbocycles. The zero-order valence-electron chi connectivity index (χ0n) is 9.05. The summed E-state index contributed by atoms with van der Waals surface area (Å²) in [5, 5.41) is 11.1. The normalized spacial score (nSPS) is 12.4. The Kier molecular flexibility index (Phi) is 3.51. The van der Waals surface area contributed by atoms with E-state index in [9.17, 15) is 5.11 Å². The summed E-state index contributed by atoms with van der Waals surface area (Å²) in [5.41, 5.74) is 6.06. The molecule has 1 aromatic heterocycles. The molecule has 3 N–H and O–H groups in total. The summed E-state index contributed by atoms with van der Waals surface area (Å²) in [6.45, 7) is 0. The molecule has 4 nitrogen and oxygen atoms in total. The third-order valence-electron chi connectivity index (χ3n) is 2.32. The summed E-state index contributed by atoms with van der Waals surface area (Å²) in [4.78, 5) is 4.53. The summed E-state index contributed by atoms with van der Waals surface area (Å²) in [6, 6.07) is 5.21. The summed E-state index contributed by atoms with van der Waals surface area (Å²) in [5.74, 6) is 0.539. The van der Waals surface area contributed by atoms with Crippen molar-refractivity contribution in [3.8, 4) is 5.75 Å². The first-order valence-electron chi connectivity index (χ1n) is 4.85. The summed E-state index contributed by atoms with van der Waals surface area (Å²) >= 11 is 7.29. The standard InChI is InChI=1S/C11H11ClN2O2S/c1-16-7-4-2-3-6(12)9(7)10(15)8-5-14-11(13)17-8/h2-5,10,15H,1H3,(H2,13,14). The molecule has 2 rings (SSSR count). The SMILES string of the molecule is COc1cccc(Cl)c1C(O)c1cnc(N)s1. The van der Waals surface area contributed by atoms with Crippen LogP contribution in [-0.2, 0) is 0 Å². The van der Waals surface area contributed by atoms with Gasteiger partial charge in [0, 0.05) is 11.8 Å². The maximum absolute atomic E-state index is 10.2. The van der Waals surface area contributed by atoms with Crippen molar-refractivity contribution in [3.05, 3.63) is 39.9 Å². The number of nitrogens with two attached hydrogens (primary N) is 1. The monoisotopic (exact) mass is 270 g/mol. The van der Waals surface area contributed by atoms with Gasteiger partial charge in [-0.3, -0.25) is 0 Å². The highest BCUT2D eigenvalue weighted by molar-refractivity contribution is 7.15. The number of rotatable bonds is 3. The molecule has 0 saturated heterocycles. The van der Waals surface area contributed by atoms with E-state index in [2.05, 4.69) is 4.98 Å². The lowest BCUT2D eigenvalue weighted by atomic mass is 10.1. The Morgan fingerprint density at radius 2 is 2.29 bits per heavy atom. The number of ether oxygens (including phenoxy) is 1. The van der Waals surface area contributed by atoms with Crippen molar-refractivity contribution in [2.24, 2.45) is 0 Å². The van der Waals surface area contributed by atoms with E-state index < -0.39 is 6.10 Å². The van der Waals surface area contributed by atoms with Gasteiger partial charge in [-0.05, 0) is 12.1 Å². The molecule has 0 fully saturated rings. The largest absolute Gasteiger partial charge is 0.496 e. The number of nitrogen functional groups attached to an aromatic ring is 1. The molecule has 17 heavy (non-hydrogen) atoms. The zero-order valence-corrected chi connectivity index (χ0v) is 10.6. The lowest BCUT2D eigenvalue weighted by molar-refractivity contribution is 0.218. The predicted molar refractivity (Wildman–Crippen MR) is 68.6 cm³/mol. The van der Waals surface area contributed by atoms with Crippen LogP contribution in [0.4, 0.5) is 5.13 Å². The van der Waals surface area contributed by atoms with E-state index in [1.165, 1.54) is 24.6 Å². The van der Waals surface area contributed by atoms with Gasteiger partial charge >= 0.3 is 0 Å². The number of anilines is 1. The maximum atomic E-state index is 10.2. The van der Waals surface area contributed by atoms with E-state index in [-0.39, 0.29) is 0 Å². The first-order valence-corrected chi connectivity index (χ1v) is 6.04. The van der Waals surface area contributed by atoms with Crippen LogP contribution in [0.5, 0.6) is 5.75 Å². The molecule has 1 heterocycles. The van der Waals surface area contributed by atoms with Crippen molar-refractivity contribution in [2.75, 3.05) is 12.8 Å². The Balaban J connectivity index is 2.46. The van der Waals surface area contributed by atoms with E-state index in [4.69, 9.17) is 22.1 Å². The topological polar surface area (TPSA) is 68.4 Å². The van der Waals surface area contributed by atoms with Gasteiger partial charge in [0.1, 0.15) is 11.9 Å². The Hall–Kier alpha value is -1.30. The third kappa shape index (κ3) is 2.36. The summed E-state index contributed by atoms with van der Waals surface area (Å²) < 4.78 is 5.18. The van der Waals surface area contributed by atoms with Gasteiger partial charge in [-0.15, -0.1) is 0 Å². The zero-order chi connectivity index (χ0) is 12.4. The number of hydrogen-bond acceptors (Lipinski definition) is 5. The van der Waals surface area contributed by atoms with E-state index in [0.717, 1.165) is 0 Å². The Labute approximate surface area is 108 Å². The van der Waals surface area contributed by atoms with Gasteiger partial charge in [-0.1, -0.05) is 29.0 Å². The fraction of sp³-hybridized carbons (Fsp3) is 0.182. The number of thiazole rings is 1. The van der Waals surface area contributed by atoms with Gasteiger partial charge in [0.15, 0.2) is 5.13 Å². The van der Waals surface area contributed by atoms with E-state index in [0.29, 0.717) is 26.3 Å². The summed E-state index contributed by atoms with van der Waals surface area (Å²) in [7, 11) is 1.53. The Morgan fingerprint density at radius 3 is 2.88 bits per heavy atom. The lowest BCUT2D eigenvalue weighted by Crippen LogP contribution is -2.01. The smallest absolute Gasteiger partial charge is 0.180 e. The number of aliphatic hydroxyl groups excluding tert-OH is 1. The van der Waals surface area contributed by atoms with Crippen LogP contribution in [0, 0.1) is 0 Å². The first-order chi connectivity index (χ1) is 8.13. The Morgan fingerprint density at radius 1 is 1.53 bits per heavy atom. The molecule has 2 aromatic rings. The quantitative estimate of drug-likeness (QED) is 0.899. The van der Waals surface area contributed by atoms with Crippen LogP contribution in [-0.4, -0.2) is 17.2 Å². The molecule has 1 unspecified atom stereocenters. The minimum absolute atomic E-state index is 0.407. The number of benzene rings is 1. The molecule has 90 valence electrons. The Bertz CT molecular complexity index is 530. The number of hydrogen-bond donors (Lipinski definition) is 2. The van der Waals surface area contributed by atoms with Gasteiger partial charge in [-0.2, -0.15) is 0 Å². The molecule has 0 aliphatic rings. The van der Waals surface area contributed by atoms with Gasteiger partial charge < -0.3 is 15.6 Å². The highest BCUT2D eigenvalue weighted by atomic mass is 35.5. The van der Waals surface area contributed by atoms with Gasteiger partial charge in [0.25, 0.3) is 0 Å². The first kappa shape index (κ1) is 12.2. The van der Waals surface area contributed by atoms with Crippen molar-refractivity contribution in [3.63, 3.8) is 0 Å². The second-order valence-electron chi connectivity index (χ2n) is 3.36. The van der Waals surface area contributed by atoms with Crippen LogP contribution in [0.25, 0.3) is 0 Å². The van der Waals surface area contributed by atoms with E-state index >= 15 is 0 Å². The van der Waals surface area contributed by atoms with Crippen molar-refractivity contribution in [1.82, 2.24) is 4.98 Å². The van der Waals surface area contributed by atoms with Crippen molar-refractivity contribution in [1.29, 1.82) is 0 Å². The highest BCUT2D eigenvalue weighted by Gasteiger charge is 2.20. The molecule has 0 aliphatic heterocycles. The average Bonchev–Trinajstić information content (AvgIpc) is 2.74. The number of halogens is 1. The fourth-order valence-corrected chi connectivity index (χ4v) is 2.48. The van der Waals surface area contributed by atoms with Crippen LogP contribution >= 0.6 is 22.9 Å². The van der Waals surface area contributed by atoms with Gasteiger partial charge in [0.2, 0.25) is 0 Å². The number of methoxy groups -OCH3 is 1. The van der Waals surface area contributed by atoms with Crippen LogP contribution in [0.1, 0.15) is 16.5 Å². The van der Waals surface area contributed by atoms with E-state index in [1.54, 1.807) is 18.2 Å². The molecular weight excluding hydrogens is 260 g/mol. The number of nitrogens with zero attached hydrogens (tertiary/aromatic N) is 1. The van der Waals surface area contributed by atoms with Gasteiger partial charge in [-0.25, -0.2) is 4.98 Å². The predicted octanol–water partition coefficient (Wildman–Crippen LogP) is 2.47. The molecule has 0 amide bonds. The highest BCUT2D eigenvalue weighted by Crippen LogP contribution is 2.37. The molecule has 0 aliphatic carbocycles. The molecule has 1 aromatic carbocycles. The minimum Gasteiger partial charge on any atom is -0.496 e. The van der Waals surface area contributed by atoms with Crippen molar-refractivity contribution >= 4 is 28.1 Å². The second-order valence-corrected chi connectivity index (χ2v) is 4.86. The lowest BCUT2D eigenvalue weighted by Gasteiger charge is -2.14. The number of aliphatic hydroxyl groups is 1. The molecule has 0 radical (unpaired) electrons. The molecule has 6 heteroatoms. The number of aromatic nitrogens is 1. The molecule has 0 bridgehead atoms. The van der Waals surface area contributed by atoms with Crippen LogP contribution < -0.4 is 10.5 Å². The molecular formula is C11H11ClN2O2S. The van der Waals surface area contributed by atoms with Crippen LogP contribution in [0.2, 0.25) is 5.02 Å². The maximum Gasteiger partial charge on any atom is 0.180 e. The third-order valence-corrected chi connectivity index (χ3v) is 3.53. The second kappa shape index (κ2) is 4.91. The van der Waals surface area contributed by atoms with Gasteiger partial charge in [0.05, 0.1) is 17.0 Å². The fourth-order valence-electron chi connectivity index (χ4n) is 1.53. The van der Waals surface area contributed by atoms with Crippen LogP contribution in [0.3, 0.4) is 0 Å². The van der Waals surface area contributed by atoms with Crippen molar-refractivity contribution < 1.29 is 9.84 Å². The van der Waals surface area contributed by atoms with Crippen LogP contribution in [0.15, 0.2) is 24.4 Å². The van der Waals surface area contributed by atoms with Crippen molar-refractivity contribution in [2.45, 2.75) is 6.10 Å². The summed E-state index contributed by atoms with van der Waals surface area (Å²) in [6.07, 6.45) is 0.654. The average molecular weight is 271 g/mol. The molecule has 0 spiro atoms. The van der Waals surface area contributed by atoms with E-state index in [1.807, 2.05) is 0 Å². The minimum atomic E-state index is -0.881. The molecule has 1 atom stereocenters.